The quantitative estimate of drug-likeness (QED) is 0.735. The molecule has 20 heavy (non-hydrogen) atoms. The zero-order valence-electron chi connectivity index (χ0n) is 10.2. The highest BCUT2D eigenvalue weighted by atomic mass is 16.4. The summed E-state index contributed by atoms with van der Waals surface area (Å²) in [6.45, 7) is 0. The summed E-state index contributed by atoms with van der Waals surface area (Å²) in [5.41, 5.74) is 2.01. The molecule has 0 spiro atoms. The molecule has 0 saturated carbocycles. The van der Waals surface area contributed by atoms with Gasteiger partial charge >= 0.3 is 5.97 Å². The van der Waals surface area contributed by atoms with Crippen LogP contribution in [0.25, 0.3) is 22.5 Å². The molecule has 0 aliphatic carbocycles. The number of carboxylic acids is 1. The number of benzene rings is 1. The highest BCUT2D eigenvalue weighted by Crippen LogP contribution is 2.26. The van der Waals surface area contributed by atoms with Crippen molar-refractivity contribution in [2.75, 3.05) is 0 Å². The van der Waals surface area contributed by atoms with Gasteiger partial charge in [0, 0.05) is 11.8 Å². The molecule has 2 heterocycles. The van der Waals surface area contributed by atoms with Crippen molar-refractivity contribution < 1.29 is 9.90 Å². The lowest BCUT2D eigenvalue weighted by Gasteiger charge is -2.08. The molecular formula is C14H9N3O3. The predicted molar refractivity (Wildman–Crippen MR) is 71.7 cm³/mol. The third-order valence-corrected chi connectivity index (χ3v) is 2.97. The van der Waals surface area contributed by atoms with E-state index in [0.717, 1.165) is 0 Å². The van der Waals surface area contributed by atoms with E-state index in [9.17, 15) is 9.59 Å². The van der Waals surface area contributed by atoms with Crippen molar-refractivity contribution in [1.82, 2.24) is 15.2 Å². The van der Waals surface area contributed by atoms with E-state index in [1.54, 1.807) is 30.5 Å². The summed E-state index contributed by atoms with van der Waals surface area (Å²) in [6.07, 6.45) is 1.69. The molecule has 0 unspecified atom stereocenters. The number of nitrogens with one attached hydrogen (secondary N) is 1. The molecular weight excluding hydrogens is 258 g/mol. The van der Waals surface area contributed by atoms with Gasteiger partial charge in [0.05, 0.1) is 16.8 Å². The van der Waals surface area contributed by atoms with Gasteiger partial charge in [-0.3, -0.25) is 4.79 Å². The number of carboxylic acid groups (broad SMARTS) is 1. The number of pyridine rings is 1. The largest absolute Gasteiger partial charge is 0.478 e. The molecule has 2 N–H and O–H groups in total. The fraction of sp³-hybridized carbons (Fsp3) is 0. The molecule has 0 atom stereocenters. The van der Waals surface area contributed by atoms with Gasteiger partial charge in [-0.15, -0.1) is 10.2 Å². The zero-order chi connectivity index (χ0) is 14.1. The first-order valence-corrected chi connectivity index (χ1v) is 5.84. The number of fused-ring (bicyclic) bond motifs is 1. The fourth-order valence-electron chi connectivity index (χ4n) is 1.98. The second kappa shape index (κ2) is 4.58. The maximum Gasteiger partial charge on any atom is 0.335 e. The Bertz CT molecular complexity index is 809. The molecule has 3 rings (SSSR count). The predicted octanol–water partition coefficient (Wildman–Crippen LogP) is 1.63. The van der Waals surface area contributed by atoms with Gasteiger partial charge in [0.25, 0.3) is 5.56 Å². The van der Waals surface area contributed by atoms with Crippen LogP contribution >= 0.6 is 0 Å². The number of H-pyrrole nitrogens is 1. The van der Waals surface area contributed by atoms with Crippen LogP contribution in [-0.4, -0.2) is 26.3 Å². The Morgan fingerprint density at radius 3 is 2.55 bits per heavy atom. The van der Waals surface area contributed by atoms with Gasteiger partial charge in [-0.2, -0.15) is 0 Å². The normalized spacial score (nSPS) is 10.6. The average molecular weight is 267 g/mol. The minimum Gasteiger partial charge on any atom is -0.478 e. The van der Waals surface area contributed by atoms with E-state index in [2.05, 4.69) is 15.2 Å². The lowest BCUT2D eigenvalue weighted by Crippen LogP contribution is -2.14. The number of carbonyl (C=O) groups is 1. The number of hydrogen-bond donors (Lipinski definition) is 2. The number of aromatic carboxylic acids is 1. The SMILES string of the molecule is O=C(O)c1ccc(-c2nnc(=O)c3ccc[nH]c2-3)cc1. The molecule has 1 aromatic carbocycles. The van der Waals surface area contributed by atoms with E-state index in [1.807, 2.05) is 0 Å². The smallest absolute Gasteiger partial charge is 0.335 e. The second-order valence-electron chi connectivity index (χ2n) is 4.20. The minimum absolute atomic E-state index is 0.190. The van der Waals surface area contributed by atoms with Crippen molar-refractivity contribution in [2.24, 2.45) is 0 Å². The number of nitrogens with zero attached hydrogens (tertiary/aromatic N) is 2. The van der Waals surface area contributed by atoms with Crippen LogP contribution in [-0.2, 0) is 0 Å². The van der Waals surface area contributed by atoms with Gasteiger partial charge in [0.1, 0.15) is 5.69 Å². The second-order valence-corrected chi connectivity index (χ2v) is 4.20. The third kappa shape index (κ3) is 1.93. The van der Waals surface area contributed by atoms with Crippen LogP contribution in [0.15, 0.2) is 47.4 Å². The zero-order valence-corrected chi connectivity index (χ0v) is 10.2. The average Bonchev–Trinajstić information content (AvgIpc) is 2.48. The molecule has 2 aliphatic heterocycles. The summed E-state index contributed by atoms with van der Waals surface area (Å²) in [7, 11) is 0. The molecule has 98 valence electrons. The van der Waals surface area contributed by atoms with Crippen molar-refractivity contribution in [2.45, 2.75) is 0 Å². The van der Waals surface area contributed by atoms with Crippen molar-refractivity contribution >= 4 is 5.97 Å². The van der Waals surface area contributed by atoms with Crippen molar-refractivity contribution in [1.29, 1.82) is 0 Å². The Labute approximate surface area is 113 Å². The van der Waals surface area contributed by atoms with Crippen LogP contribution in [0, 0.1) is 0 Å². The van der Waals surface area contributed by atoms with Gasteiger partial charge in [-0.1, -0.05) is 12.1 Å². The van der Waals surface area contributed by atoms with Gasteiger partial charge < -0.3 is 10.1 Å². The van der Waals surface area contributed by atoms with E-state index in [4.69, 9.17) is 5.11 Å². The summed E-state index contributed by atoms with van der Waals surface area (Å²) < 4.78 is 0. The molecule has 0 saturated heterocycles. The molecule has 1 aromatic rings. The van der Waals surface area contributed by atoms with E-state index >= 15 is 0 Å². The molecule has 6 heteroatoms. The van der Waals surface area contributed by atoms with Crippen LogP contribution in [0.1, 0.15) is 10.4 Å². The molecule has 0 fully saturated rings. The van der Waals surface area contributed by atoms with Crippen molar-refractivity contribution in [3.63, 3.8) is 0 Å². The van der Waals surface area contributed by atoms with Crippen molar-refractivity contribution in [3.8, 4) is 22.5 Å². The topological polar surface area (TPSA) is 95.9 Å². The Kier molecular flexibility index (Phi) is 2.76. The number of hydrogen-bond acceptors (Lipinski definition) is 4. The standard InChI is InChI=1S/C14H9N3O3/c18-13-10-2-1-7-15-12(10)11(16-17-13)8-3-5-9(6-4-8)14(19)20/h1-7,15H,(H,19,20). The molecule has 0 amide bonds. The summed E-state index contributed by atoms with van der Waals surface area (Å²) in [6, 6.07) is 9.62. The summed E-state index contributed by atoms with van der Waals surface area (Å²) in [5, 5.41) is 16.4. The van der Waals surface area contributed by atoms with Crippen LogP contribution in [0.2, 0.25) is 0 Å². The van der Waals surface area contributed by atoms with E-state index in [-0.39, 0.29) is 5.56 Å². The Hall–Kier alpha value is -3.02. The lowest BCUT2D eigenvalue weighted by molar-refractivity contribution is 0.0697. The van der Waals surface area contributed by atoms with Crippen LogP contribution in [0.3, 0.4) is 0 Å². The van der Waals surface area contributed by atoms with Gasteiger partial charge in [0.15, 0.2) is 0 Å². The van der Waals surface area contributed by atoms with Gasteiger partial charge in [-0.05, 0) is 24.3 Å². The molecule has 2 aliphatic rings. The Balaban J connectivity index is 2.18. The first kappa shape index (κ1) is 12.0. The lowest BCUT2D eigenvalue weighted by atomic mass is 10.0. The van der Waals surface area contributed by atoms with Crippen LogP contribution in [0.4, 0.5) is 0 Å². The first-order chi connectivity index (χ1) is 9.66. The monoisotopic (exact) mass is 267 g/mol. The molecule has 0 bridgehead atoms. The Morgan fingerprint density at radius 1 is 1.10 bits per heavy atom. The Morgan fingerprint density at radius 2 is 1.85 bits per heavy atom. The first-order valence-electron chi connectivity index (χ1n) is 5.84. The van der Waals surface area contributed by atoms with E-state index in [0.29, 0.717) is 22.5 Å². The van der Waals surface area contributed by atoms with E-state index < -0.39 is 11.5 Å². The van der Waals surface area contributed by atoms with Gasteiger partial charge in [-0.25, -0.2) is 4.79 Å². The molecule has 6 nitrogen and oxygen atoms in total. The maximum atomic E-state index is 11.6. The number of rotatable bonds is 2. The van der Waals surface area contributed by atoms with Crippen LogP contribution < -0.4 is 5.56 Å². The summed E-state index contributed by atoms with van der Waals surface area (Å²) in [4.78, 5) is 25.4. The minimum atomic E-state index is -0.992. The molecule has 0 aromatic heterocycles. The highest BCUT2D eigenvalue weighted by Gasteiger charge is 2.15. The van der Waals surface area contributed by atoms with Gasteiger partial charge in [0.2, 0.25) is 0 Å². The van der Waals surface area contributed by atoms with Crippen LogP contribution in [0.5, 0.6) is 0 Å². The fourth-order valence-corrected chi connectivity index (χ4v) is 1.98. The third-order valence-electron chi connectivity index (χ3n) is 2.97. The van der Waals surface area contributed by atoms with E-state index in [1.165, 1.54) is 12.1 Å². The maximum absolute atomic E-state index is 11.6. The molecule has 0 radical (unpaired) electrons. The number of aromatic amines is 1. The number of aromatic nitrogens is 3. The van der Waals surface area contributed by atoms with Crippen molar-refractivity contribution in [3.05, 3.63) is 58.5 Å². The summed E-state index contributed by atoms with van der Waals surface area (Å²) >= 11 is 0. The summed E-state index contributed by atoms with van der Waals surface area (Å²) in [5.74, 6) is -0.992. The highest BCUT2D eigenvalue weighted by molar-refractivity contribution is 5.88.